The number of hydrogen-bond acceptors (Lipinski definition) is 4. The van der Waals surface area contributed by atoms with Gasteiger partial charge in [-0.3, -0.25) is 4.72 Å². The molecule has 0 saturated carbocycles. The highest BCUT2D eigenvalue weighted by Gasteiger charge is 2.14. The van der Waals surface area contributed by atoms with Gasteiger partial charge in [-0.1, -0.05) is 35.4 Å². The molecule has 0 atom stereocenters. The number of nitrogens with zero attached hydrogens (tertiary/aromatic N) is 2. The molecule has 4 aromatic rings. The van der Waals surface area contributed by atoms with Crippen LogP contribution in [0.5, 0.6) is 11.5 Å². The van der Waals surface area contributed by atoms with Crippen molar-refractivity contribution < 1.29 is 13.2 Å². The molecule has 6 nitrogen and oxygen atoms in total. The van der Waals surface area contributed by atoms with Gasteiger partial charge in [-0.2, -0.15) is 5.10 Å². The second-order valence-electron chi connectivity index (χ2n) is 7.46. The van der Waals surface area contributed by atoms with Crippen LogP contribution < -0.4 is 9.46 Å². The van der Waals surface area contributed by atoms with Gasteiger partial charge >= 0.3 is 0 Å². The van der Waals surface area contributed by atoms with Crippen molar-refractivity contribution in [2.45, 2.75) is 25.7 Å². The molecule has 0 saturated heterocycles. The first kappa shape index (κ1) is 20.7. The third-order valence-corrected chi connectivity index (χ3v) is 6.23. The van der Waals surface area contributed by atoms with Gasteiger partial charge in [0.25, 0.3) is 10.0 Å². The van der Waals surface area contributed by atoms with E-state index in [4.69, 9.17) is 4.74 Å². The third-order valence-electron chi connectivity index (χ3n) is 4.83. The lowest BCUT2D eigenvalue weighted by Gasteiger charge is -2.09. The van der Waals surface area contributed by atoms with E-state index in [1.165, 1.54) is 5.56 Å². The first-order valence-corrected chi connectivity index (χ1v) is 11.3. The smallest absolute Gasteiger partial charge is 0.261 e. The number of rotatable bonds is 6. The number of nitrogens with one attached hydrogen (secondary N) is 1. The van der Waals surface area contributed by atoms with E-state index >= 15 is 0 Å². The van der Waals surface area contributed by atoms with Crippen molar-refractivity contribution in [3.05, 3.63) is 95.8 Å². The topological polar surface area (TPSA) is 73.2 Å². The van der Waals surface area contributed by atoms with Crippen molar-refractivity contribution in [3.63, 3.8) is 0 Å². The highest BCUT2D eigenvalue weighted by Crippen LogP contribution is 2.25. The summed E-state index contributed by atoms with van der Waals surface area (Å²) in [4.78, 5) is 0.220. The molecule has 4 rings (SSSR count). The highest BCUT2D eigenvalue weighted by atomic mass is 32.2. The minimum Gasteiger partial charge on any atom is -0.454 e. The molecule has 7 heteroatoms. The summed E-state index contributed by atoms with van der Waals surface area (Å²) in [5.41, 5.74) is 4.77. The van der Waals surface area contributed by atoms with E-state index in [-0.39, 0.29) is 4.90 Å². The molecule has 3 aromatic carbocycles. The quantitative estimate of drug-likeness (QED) is 0.442. The molecule has 1 N–H and O–H groups in total. The van der Waals surface area contributed by atoms with Gasteiger partial charge in [0.1, 0.15) is 5.75 Å². The van der Waals surface area contributed by atoms with E-state index in [1.807, 2.05) is 32.2 Å². The summed E-state index contributed by atoms with van der Waals surface area (Å²) in [5, 5.41) is 4.38. The minimum atomic E-state index is -3.64. The molecule has 0 amide bonds. The summed E-state index contributed by atoms with van der Waals surface area (Å²) in [5.74, 6) is 1.17. The Balaban J connectivity index is 1.45. The fraction of sp³-hybridized carbons (Fsp3) is 0.125. The van der Waals surface area contributed by atoms with E-state index in [0.29, 0.717) is 17.2 Å². The lowest BCUT2D eigenvalue weighted by Crippen LogP contribution is -2.12. The molecule has 0 aliphatic rings. The molecule has 0 aliphatic heterocycles. The molecular formula is C24H23N3O3S. The standard InChI is InChI=1S/C24H23N3O3S/c1-17-4-11-23(12-5-17)31(28,29)26-20-7-9-21(10-8-20)30-22-15-25-27(16-22)24-13-6-18(2)14-19(24)3/h4-16,26H,1-3H3. The van der Waals surface area contributed by atoms with Gasteiger partial charge in [0.05, 0.1) is 23.0 Å². The molecule has 0 radical (unpaired) electrons. The molecular weight excluding hydrogens is 410 g/mol. The summed E-state index contributed by atoms with van der Waals surface area (Å²) >= 11 is 0. The van der Waals surface area contributed by atoms with Crippen LogP contribution in [0.4, 0.5) is 5.69 Å². The van der Waals surface area contributed by atoms with Crippen LogP contribution in [0.1, 0.15) is 16.7 Å². The normalized spacial score (nSPS) is 11.3. The lowest BCUT2D eigenvalue weighted by atomic mass is 10.1. The largest absolute Gasteiger partial charge is 0.454 e. The predicted molar refractivity (Wildman–Crippen MR) is 122 cm³/mol. The van der Waals surface area contributed by atoms with Gasteiger partial charge in [-0.25, -0.2) is 13.1 Å². The highest BCUT2D eigenvalue weighted by molar-refractivity contribution is 7.92. The molecule has 1 heterocycles. The van der Waals surface area contributed by atoms with Crippen LogP contribution in [0.25, 0.3) is 5.69 Å². The van der Waals surface area contributed by atoms with Gasteiger partial charge in [0, 0.05) is 5.69 Å². The zero-order valence-corrected chi connectivity index (χ0v) is 18.3. The first-order valence-electron chi connectivity index (χ1n) is 9.80. The Morgan fingerprint density at radius 1 is 0.839 bits per heavy atom. The fourth-order valence-electron chi connectivity index (χ4n) is 3.21. The summed E-state index contributed by atoms with van der Waals surface area (Å²) < 4.78 is 35.3. The van der Waals surface area contributed by atoms with E-state index in [9.17, 15) is 8.42 Å². The molecule has 0 aliphatic carbocycles. The lowest BCUT2D eigenvalue weighted by molar-refractivity contribution is 0.482. The summed E-state index contributed by atoms with van der Waals surface area (Å²) in [6, 6.07) is 19.6. The van der Waals surface area contributed by atoms with Gasteiger partial charge in [0.15, 0.2) is 5.75 Å². The number of aromatic nitrogens is 2. The number of ether oxygens (including phenoxy) is 1. The Morgan fingerprint density at radius 2 is 1.52 bits per heavy atom. The number of anilines is 1. The van der Waals surface area contributed by atoms with Crippen LogP contribution >= 0.6 is 0 Å². The Bertz CT molecular complexity index is 1310. The Kier molecular flexibility index (Phi) is 5.52. The average Bonchev–Trinajstić information content (AvgIpc) is 3.18. The molecule has 1 aromatic heterocycles. The Morgan fingerprint density at radius 3 is 2.19 bits per heavy atom. The zero-order chi connectivity index (χ0) is 22.0. The number of sulfonamides is 1. The number of hydrogen-bond donors (Lipinski definition) is 1. The van der Waals surface area contributed by atoms with Crippen LogP contribution in [0.3, 0.4) is 0 Å². The maximum atomic E-state index is 12.5. The number of benzene rings is 3. The average molecular weight is 434 g/mol. The Labute approximate surface area is 182 Å². The van der Waals surface area contributed by atoms with Crippen LogP contribution in [0.2, 0.25) is 0 Å². The maximum absolute atomic E-state index is 12.5. The zero-order valence-electron chi connectivity index (χ0n) is 17.5. The van der Waals surface area contributed by atoms with Crippen molar-refractivity contribution in [2.75, 3.05) is 4.72 Å². The van der Waals surface area contributed by atoms with Crippen molar-refractivity contribution in [1.82, 2.24) is 9.78 Å². The van der Waals surface area contributed by atoms with Crippen LogP contribution in [0, 0.1) is 20.8 Å². The first-order chi connectivity index (χ1) is 14.8. The SMILES string of the molecule is Cc1ccc(S(=O)(=O)Nc2ccc(Oc3cnn(-c4ccc(C)cc4C)c3)cc2)cc1. The van der Waals surface area contributed by atoms with Gasteiger partial charge in [-0.15, -0.1) is 0 Å². The predicted octanol–water partition coefficient (Wildman–Crippen LogP) is 5.39. The summed E-state index contributed by atoms with van der Waals surface area (Å²) in [6.07, 6.45) is 3.46. The van der Waals surface area contributed by atoms with Crippen LogP contribution in [0.15, 0.2) is 84.0 Å². The van der Waals surface area contributed by atoms with Gasteiger partial charge in [0.2, 0.25) is 0 Å². The second kappa shape index (κ2) is 8.28. The maximum Gasteiger partial charge on any atom is 0.261 e. The van der Waals surface area contributed by atoms with Crippen LogP contribution in [-0.2, 0) is 10.0 Å². The monoisotopic (exact) mass is 433 g/mol. The molecule has 31 heavy (non-hydrogen) atoms. The molecule has 158 valence electrons. The van der Waals surface area contributed by atoms with Crippen molar-refractivity contribution in [3.8, 4) is 17.2 Å². The number of aryl methyl sites for hydroxylation is 3. The molecule has 0 spiro atoms. The third kappa shape index (κ3) is 4.78. The summed E-state index contributed by atoms with van der Waals surface area (Å²) in [6.45, 7) is 6.01. The molecule has 0 bridgehead atoms. The molecule has 0 unspecified atom stereocenters. The second-order valence-corrected chi connectivity index (χ2v) is 9.14. The van der Waals surface area contributed by atoms with Crippen molar-refractivity contribution in [2.24, 2.45) is 0 Å². The Hall–Kier alpha value is -3.58. The minimum absolute atomic E-state index is 0.220. The van der Waals surface area contributed by atoms with Crippen molar-refractivity contribution >= 4 is 15.7 Å². The summed E-state index contributed by atoms with van der Waals surface area (Å²) in [7, 11) is -3.64. The van der Waals surface area contributed by atoms with Gasteiger partial charge < -0.3 is 4.74 Å². The van der Waals surface area contributed by atoms with E-state index < -0.39 is 10.0 Å². The van der Waals surface area contributed by atoms with Gasteiger partial charge in [-0.05, 0) is 68.8 Å². The van der Waals surface area contributed by atoms with E-state index in [0.717, 1.165) is 16.8 Å². The van der Waals surface area contributed by atoms with Crippen LogP contribution in [-0.4, -0.2) is 18.2 Å². The fourth-order valence-corrected chi connectivity index (χ4v) is 4.27. The molecule has 0 fully saturated rings. The van der Waals surface area contributed by atoms with E-state index in [2.05, 4.69) is 22.8 Å². The van der Waals surface area contributed by atoms with E-state index in [1.54, 1.807) is 59.4 Å². The van der Waals surface area contributed by atoms with Crippen molar-refractivity contribution in [1.29, 1.82) is 0 Å².